The van der Waals surface area contributed by atoms with E-state index in [0.717, 1.165) is 2.88 Å². The van der Waals surface area contributed by atoms with Gasteiger partial charge in [0.15, 0.2) is 0 Å². The summed E-state index contributed by atoms with van der Waals surface area (Å²) in [5, 5.41) is 10.7. The molecule has 0 saturated heterocycles. The van der Waals surface area contributed by atoms with Crippen LogP contribution in [0.15, 0.2) is 11.4 Å². The van der Waals surface area contributed by atoms with Crippen LogP contribution < -0.4 is 0 Å². The molecular weight excluding hydrogens is 341 g/mol. The molecule has 0 spiro atoms. The molecule has 1 amide bonds. The highest BCUT2D eigenvalue weighted by atomic mass is 127. The van der Waals surface area contributed by atoms with Crippen molar-refractivity contribution in [2.75, 3.05) is 33.4 Å². The van der Waals surface area contributed by atoms with Crippen LogP contribution in [0.25, 0.3) is 0 Å². The number of carbonyl (C=O) groups excluding carboxylic acids is 1. The monoisotopic (exact) mass is 355 g/mol. The summed E-state index contributed by atoms with van der Waals surface area (Å²) in [4.78, 5) is 13.6. The Morgan fingerprint density at radius 1 is 1.62 bits per heavy atom. The van der Waals surface area contributed by atoms with Crippen LogP contribution >= 0.6 is 33.9 Å². The molecular formula is C10H14INO3S. The average molecular weight is 355 g/mol. The van der Waals surface area contributed by atoms with E-state index in [0.29, 0.717) is 25.3 Å². The molecule has 1 rings (SSSR count). The van der Waals surface area contributed by atoms with Gasteiger partial charge in [-0.3, -0.25) is 4.79 Å². The summed E-state index contributed by atoms with van der Waals surface area (Å²) >= 11 is 3.72. The SMILES string of the molecule is COCCN(CCO)C(=O)c1csc(I)c1. The Morgan fingerprint density at radius 2 is 2.38 bits per heavy atom. The zero-order valence-corrected chi connectivity index (χ0v) is 12.0. The Bertz CT molecular complexity index is 343. The Balaban J connectivity index is 2.66. The van der Waals surface area contributed by atoms with Crippen molar-refractivity contribution in [3.63, 3.8) is 0 Å². The van der Waals surface area contributed by atoms with Crippen LogP contribution in [0.4, 0.5) is 0 Å². The normalized spacial score (nSPS) is 10.4. The minimum absolute atomic E-state index is 0.0311. The minimum Gasteiger partial charge on any atom is -0.395 e. The first-order chi connectivity index (χ1) is 7.69. The average Bonchev–Trinajstić information content (AvgIpc) is 2.70. The topological polar surface area (TPSA) is 49.8 Å². The third kappa shape index (κ3) is 4.00. The van der Waals surface area contributed by atoms with Gasteiger partial charge in [-0.1, -0.05) is 0 Å². The molecule has 1 aromatic heterocycles. The van der Waals surface area contributed by atoms with Crippen LogP contribution in [0.1, 0.15) is 10.4 Å². The number of thiophene rings is 1. The lowest BCUT2D eigenvalue weighted by atomic mass is 10.3. The van der Waals surface area contributed by atoms with Gasteiger partial charge in [-0.15, -0.1) is 11.3 Å². The maximum absolute atomic E-state index is 12.0. The first-order valence-electron chi connectivity index (χ1n) is 4.82. The van der Waals surface area contributed by atoms with Gasteiger partial charge in [-0.05, 0) is 28.7 Å². The molecule has 16 heavy (non-hydrogen) atoms. The molecule has 0 fully saturated rings. The highest BCUT2D eigenvalue weighted by molar-refractivity contribution is 14.1. The van der Waals surface area contributed by atoms with Gasteiger partial charge in [-0.2, -0.15) is 0 Å². The van der Waals surface area contributed by atoms with Crippen molar-refractivity contribution in [2.45, 2.75) is 0 Å². The van der Waals surface area contributed by atoms with Crippen LogP contribution in [0.2, 0.25) is 0 Å². The van der Waals surface area contributed by atoms with Gasteiger partial charge in [0.2, 0.25) is 0 Å². The first kappa shape index (κ1) is 13.9. The second kappa shape index (κ2) is 7.21. The maximum Gasteiger partial charge on any atom is 0.254 e. The van der Waals surface area contributed by atoms with Crippen molar-refractivity contribution in [2.24, 2.45) is 0 Å². The standard InChI is InChI=1S/C10H14INO3S/c1-15-5-3-12(2-4-13)10(14)8-6-9(11)16-7-8/h6-7,13H,2-5H2,1H3. The zero-order valence-electron chi connectivity index (χ0n) is 8.98. The molecule has 0 aromatic carbocycles. The Kier molecular flexibility index (Phi) is 6.25. The smallest absolute Gasteiger partial charge is 0.254 e. The number of carbonyl (C=O) groups is 1. The Hall–Kier alpha value is -0.180. The minimum atomic E-state index is -0.0507. The lowest BCUT2D eigenvalue weighted by Gasteiger charge is -2.20. The number of hydrogen-bond donors (Lipinski definition) is 1. The number of aliphatic hydroxyl groups excluding tert-OH is 1. The largest absolute Gasteiger partial charge is 0.395 e. The summed E-state index contributed by atoms with van der Waals surface area (Å²) in [7, 11) is 1.59. The van der Waals surface area contributed by atoms with Gasteiger partial charge in [0.05, 0.1) is 21.7 Å². The van der Waals surface area contributed by atoms with Gasteiger partial charge in [0.25, 0.3) is 5.91 Å². The molecule has 0 unspecified atom stereocenters. The predicted octanol–water partition coefficient (Wildman–Crippen LogP) is 1.43. The number of ether oxygens (including phenoxy) is 1. The van der Waals surface area contributed by atoms with E-state index in [4.69, 9.17) is 9.84 Å². The van der Waals surface area contributed by atoms with Crippen molar-refractivity contribution in [3.8, 4) is 0 Å². The van der Waals surface area contributed by atoms with Crippen LogP contribution in [-0.2, 0) is 4.74 Å². The van der Waals surface area contributed by atoms with E-state index in [-0.39, 0.29) is 12.5 Å². The molecule has 0 aliphatic carbocycles. The fraction of sp³-hybridized carbons (Fsp3) is 0.500. The fourth-order valence-electron chi connectivity index (χ4n) is 1.24. The fourth-order valence-corrected chi connectivity index (χ4v) is 2.56. The quantitative estimate of drug-likeness (QED) is 0.786. The maximum atomic E-state index is 12.0. The lowest BCUT2D eigenvalue weighted by molar-refractivity contribution is 0.0657. The van der Waals surface area contributed by atoms with E-state index in [2.05, 4.69) is 22.6 Å². The first-order valence-corrected chi connectivity index (χ1v) is 6.78. The molecule has 1 heterocycles. The van der Waals surface area contributed by atoms with Gasteiger partial charge < -0.3 is 14.7 Å². The molecule has 90 valence electrons. The summed E-state index contributed by atoms with van der Waals surface area (Å²) in [6.07, 6.45) is 0. The number of amides is 1. The second-order valence-corrected chi connectivity index (χ2v) is 5.95. The predicted molar refractivity (Wildman–Crippen MR) is 71.9 cm³/mol. The van der Waals surface area contributed by atoms with Crippen LogP contribution in [0, 0.1) is 2.88 Å². The number of hydrogen-bond acceptors (Lipinski definition) is 4. The number of aliphatic hydroxyl groups is 1. The Labute approximate surface area is 112 Å². The molecule has 0 saturated carbocycles. The van der Waals surface area contributed by atoms with E-state index in [1.165, 1.54) is 11.3 Å². The summed E-state index contributed by atoms with van der Waals surface area (Å²) in [5.41, 5.74) is 0.680. The van der Waals surface area contributed by atoms with E-state index in [9.17, 15) is 4.79 Å². The summed E-state index contributed by atoms with van der Waals surface area (Å²) in [6, 6.07) is 1.85. The summed E-state index contributed by atoms with van der Waals surface area (Å²) in [6.45, 7) is 1.29. The van der Waals surface area contributed by atoms with Crippen molar-refractivity contribution < 1.29 is 14.6 Å². The van der Waals surface area contributed by atoms with Gasteiger partial charge >= 0.3 is 0 Å². The van der Waals surface area contributed by atoms with Crippen molar-refractivity contribution in [1.29, 1.82) is 0 Å². The van der Waals surface area contributed by atoms with Crippen molar-refractivity contribution in [3.05, 3.63) is 19.9 Å². The molecule has 0 bridgehead atoms. The highest BCUT2D eigenvalue weighted by Gasteiger charge is 2.16. The van der Waals surface area contributed by atoms with E-state index in [1.54, 1.807) is 12.0 Å². The Morgan fingerprint density at radius 3 is 2.88 bits per heavy atom. The third-order valence-electron chi connectivity index (χ3n) is 2.04. The van der Waals surface area contributed by atoms with Crippen molar-refractivity contribution >= 4 is 39.8 Å². The number of rotatable bonds is 6. The molecule has 6 heteroatoms. The third-order valence-corrected chi connectivity index (χ3v) is 3.83. The van der Waals surface area contributed by atoms with Crippen LogP contribution in [0.3, 0.4) is 0 Å². The molecule has 4 nitrogen and oxygen atoms in total. The second-order valence-electron chi connectivity index (χ2n) is 3.15. The molecule has 0 atom stereocenters. The van der Waals surface area contributed by atoms with Crippen molar-refractivity contribution in [1.82, 2.24) is 4.90 Å². The number of methoxy groups -OCH3 is 1. The summed E-state index contributed by atoms with van der Waals surface area (Å²) in [5.74, 6) is -0.0507. The van der Waals surface area contributed by atoms with E-state index >= 15 is 0 Å². The zero-order chi connectivity index (χ0) is 12.0. The van der Waals surface area contributed by atoms with E-state index in [1.807, 2.05) is 11.4 Å². The van der Waals surface area contributed by atoms with Crippen LogP contribution in [-0.4, -0.2) is 49.3 Å². The number of nitrogens with zero attached hydrogens (tertiary/aromatic N) is 1. The molecule has 1 aromatic rings. The van der Waals surface area contributed by atoms with Gasteiger partial charge in [0.1, 0.15) is 0 Å². The van der Waals surface area contributed by atoms with E-state index < -0.39 is 0 Å². The molecule has 0 radical (unpaired) electrons. The molecule has 1 N–H and O–H groups in total. The highest BCUT2D eigenvalue weighted by Crippen LogP contribution is 2.18. The molecule has 0 aliphatic heterocycles. The molecule has 0 aliphatic rings. The number of halogens is 1. The summed E-state index contributed by atoms with van der Waals surface area (Å²) < 4.78 is 6.02. The van der Waals surface area contributed by atoms with Crippen LogP contribution in [0.5, 0.6) is 0 Å². The lowest BCUT2D eigenvalue weighted by Crippen LogP contribution is -2.35. The van der Waals surface area contributed by atoms with Gasteiger partial charge in [-0.25, -0.2) is 0 Å². The van der Waals surface area contributed by atoms with Gasteiger partial charge in [0, 0.05) is 25.6 Å².